The highest BCUT2D eigenvalue weighted by molar-refractivity contribution is 7.90. The number of thiazole rings is 1. The van der Waals surface area contributed by atoms with Gasteiger partial charge in [-0.15, -0.1) is 11.3 Å². The van der Waals surface area contributed by atoms with Crippen molar-refractivity contribution >= 4 is 33.0 Å². The smallest absolute Gasteiger partial charge is 0.410 e. The summed E-state index contributed by atoms with van der Waals surface area (Å²) in [4.78, 5) is 22.1. The first-order valence-electron chi connectivity index (χ1n) is 9.34. The molecule has 0 bridgehead atoms. The molecule has 0 saturated carbocycles. The molecule has 1 N–H and O–H groups in total. The fraction of sp³-hybridized carbons (Fsp3) is 0.526. The molecule has 3 rings (SSSR count). The fourth-order valence-electron chi connectivity index (χ4n) is 3.02. The maximum absolute atomic E-state index is 12.6. The number of aryl methyl sites for hydroxylation is 1. The van der Waals surface area contributed by atoms with Crippen molar-refractivity contribution in [2.45, 2.75) is 56.5 Å². The van der Waals surface area contributed by atoms with E-state index in [1.165, 1.54) is 11.3 Å². The number of amides is 1. The van der Waals surface area contributed by atoms with Crippen LogP contribution in [-0.2, 0) is 20.3 Å². The van der Waals surface area contributed by atoms with E-state index >= 15 is 0 Å². The van der Waals surface area contributed by atoms with Crippen molar-refractivity contribution < 1.29 is 17.9 Å². The molecule has 29 heavy (non-hydrogen) atoms. The Morgan fingerprint density at radius 2 is 2.14 bits per heavy atom. The van der Waals surface area contributed by atoms with E-state index in [2.05, 4.69) is 15.3 Å². The highest BCUT2D eigenvalue weighted by atomic mass is 32.2. The van der Waals surface area contributed by atoms with Gasteiger partial charge >= 0.3 is 6.09 Å². The number of sulfone groups is 1. The van der Waals surface area contributed by atoms with Crippen LogP contribution in [-0.4, -0.2) is 54.1 Å². The van der Waals surface area contributed by atoms with Crippen molar-refractivity contribution in [1.82, 2.24) is 14.9 Å². The summed E-state index contributed by atoms with van der Waals surface area (Å²) in [6.07, 6.45) is 2.00. The van der Waals surface area contributed by atoms with Crippen molar-refractivity contribution in [1.29, 1.82) is 0 Å². The molecule has 0 unspecified atom stereocenters. The molecule has 158 valence electrons. The van der Waals surface area contributed by atoms with E-state index in [4.69, 9.17) is 4.74 Å². The maximum atomic E-state index is 12.6. The lowest BCUT2D eigenvalue weighted by Gasteiger charge is -2.24. The van der Waals surface area contributed by atoms with Gasteiger partial charge in [-0.3, -0.25) is 0 Å². The van der Waals surface area contributed by atoms with Gasteiger partial charge in [-0.1, -0.05) is 0 Å². The van der Waals surface area contributed by atoms with Crippen molar-refractivity contribution in [3.63, 3.8) is 0 Å². The number of ether oxygens (including phenoxy) is 1. The van der Waals surface area contributed by atoms with Gasteiger partial charge in [0.2, 0.25) is 9.84 Å². The third kappa shape index (κ3) is 5.66. The van der Waals surface area contributed by atoms with Gasteiger partial charge in [0.15, 0.2) is 5.03 Å². The summed E-state index contributed by atoms with van der Waals surface area (Å²) in [5.41, 5.74) is 3.15. The first kappa shape index (κ1) is 21.5. The Morgan fingerprint density at radius 1 is 1.38 bits per heavy atom. The molecule has 1 aliphatic rings. The van der Waals surface area contributed by atoms with Crippen LogP contribution in [0.25, 0.3) is 0 Å². The van der Waals surface area contributed by atoms with E-state index in [0.29, 0.717) is 18.8 Å². The number of nitrogens with zero attached hydrogens (tertiary/aromatic N) is 3. The standard InChI is InChI=1S/C19H26N4O4S2/c1-13-7-17(29(25,26)11-15-10-28-12-21-15)20-8-16(13)22-14-5-6-23(9-14)18(24)27-19(2,3)4/h7-8,10,12,14,22H,5-6,9,11H2,1-4H3/t14-/m0/s1. The molecule has 1 fully saturated rings. The van der Waals surface area contributed by atoms with Gasteiger partial charge in [0.05, 0.1) is 28.8 Å². The van der Waals surface area contributed by atoms with Crippen LogP contribution < -0.4 is 5.32 Å². The molecule has 0 spiro atoms. The lowest BCUT2D eigenvalue weighted by Crippen LogP contribution is -2.36. The topological polar surface area (TPSA) is 101 Å². The molecule has 0 aliphatic carbocycles. The largest absolute Gasteiger partial charge is 0.444 e. The molecule has 0 radical (unpaired) electrons. The average Bonchev–Trinajstić information content (AvgIpc) is 3.26. The first-order chi connectivity index (χ1) is 13.5. The maximum Gasteiger partial charge on any atom is 0.410 e. The third-order valence-corrected chi connectivity index (χ3v) is 6.60. The Kier molecular flexibility index (Phi) is 6.13. The van der Waals surface area contributed by atoms with Gasteiger partial charge in [-0.2, -0.15) is 0 Å². The normalized spacial score (nSPS) is 17.4. The van der Waals surface area contributed by atoms with E-state index in [-0.39, 0.29) is 22.9 Å². The lowest BCUT2D eigenvalue weighted by molar-refractivity contribution is 0.0293. The second kappa shape index (κ2) is 8.27. The summed E-state index contributed by atoms with van der Waals surface area (Å²) in [5.74, 6) is -0.164. The molecule has 8 nitrogen and oxygen atoms in total. The Labute approximate surface area is 175 Å². The predicted molar refractivity (Wildman–Crippen MR) is 112 cm³/mol. The molecular formula is C19H26N4O4S2. The Balaban J connectivity index is 1.63. The molecule has 2 aromatic rings. The van der Waals surface area contributed by atoms with Gasteiger partial charge in [0.1, 0.15) is 5.60 Å². The van der Waals surface area contributed by atoms with Gasteiger partial charge < -0.3 is 15.0 Å². The van der Waals surface area contributed by atoms with Crippen LogP contribution in [0.5, 0.6) is 0 Å². The minimum atomic E-state index is -3.55. The average molecular weight is 439 g/mol. The zero-order valence-corrected chi connectivity index (χ0v) is 18.6. The number of hydrogen-bond acceptors (Lipinski definition) is 8. The molecule has 3 heterocycles. The monoisotopic (exact) mass is 438 g/mol. The Morgan fingerprint density at radius 3 is 2.76 bits per heavy atom. The summed E-state index contributed by atoms with van der Waals surface area (Å²) in [7, 11) is -3.55. The molecule has 1 atom stereocenters. The van der Waals surface area contributed by atoms with Gasteiger partial charge in [0, 0.05) is 24.5 Å². The third-order valence-electron chi connectivity index (χ3n) is 4.43. The molecule has 1 amide bonds. The van der Waals surface area contributed by atoms with Crippen LogP contribution in [0.2, 0.25) is 0 Å². The van der Waals surface area contributed by atoms with Gasteiger partial charge in [-0.05, 0) is 45.7 Å². The molecule has 10 heteroatoms. The van der Waals surface area contributed by atoms with Crippen LogP contribution in [0.1, 0.15) is 38.4 Å². The molecule has 2 aromatic heterocycles. The van der Waals surface area contributed by atoms with Crippen molar-refractivity contribution in [3.05, 3.63) is 34.4 Å². The summed E-state index contributed by atoms with van der Waals surface area (Å²) in [6, 6.07) is 1.63. The van der Waals surface area contributed by atoms with E-state index in [0.717, 1.165) is 17.7 Å². The van der Waals surface area contributed by atoms with E-state index in [9.17, 15) is 13.2 Å². The zero-order chi connectivity index (χ0) is 21.2. The summed E-state index contributed by atoms with van der Waals surface area (Å²) < 4.78 is 30.5. The van der Waals surface area contributed by atoms with Crippen LogP contribution in [0.3, 0.4) is 0 Å². The van der Waals surface area contributed by atoms with E-state index in [1.807, 2.05) is 27.7 Å². The lowest BCUT2D eigenvalue weighted by atomic mass is 10.2. The number of pyridine rings is 1. The summed E-state index contributed by atoms with van der Waals surface area (Å²) in [6.45, 7) is 8.51. The van der Waals surface area contributed by atoms with Crippen LogP contribution in [0.4, 0.5) is 10.5 Å². The number of rotatable bonds is 5. The van der Waals surface area contributed by atoms with Crippen molar-refractivity contribution in [3.8, 4) is 0 Å². The second-order valence-corrected chi connectivity index (χ2v) is 10.8. The van der Waals surface area contributed by atoms with Gasteiger partial charge in [0.25, 0.3) is 0 Å². The predicted octanol–water partition coefficient (Wildman–Crippen LogP) is 3.24. The second-order valence-electron chi connectivity index (χ2n) is 8.13. The van der Waals surface area contributed by atoms with Crippen LogP contribution >= 0.6 is 11.3 Å². The summed E-state index contributed by atoms with van der Waals surface area (Å²) >= 11 is 1.36. The highest BCUT2D eigenvalue weighted by Crippen LogP contribution is 2.23. The zero-order valence-electron chi connectivity index (χ0n) is 17.0. The molecular weight excluding hydrogens is 412 g/mol. The number of anilines is 1. The summed E-state index contributed by atoms with van der Waals surface area (Å²) in [5, 5.41) is 5.12. The Hall–Kier alpha value is -2.20. The Bertz CT molecular complexity index is 969. The molecule has 1 aliphatic heterocycles. The first-order valence-corrected chi connectivity index (χ1v) is 11.9. The minimum Gasteiger partial charge on any atom is -0.444 e. The number of hydrogen-bond donors (Lipinski definition) is 1. The fourth-order valence-corrected chi connectivity index (χ4v) is 4.95. The number of likely N-dealkylation sites (tertiary alicyclic amines) is 1. The van der Waals surface area contributed by atoms with Crippen LogP contribution in [0, 0.1) is 6.92 Å². The highest BCUT2D eigenvalue weighted by Gasteiger charge is 2.30. The van der Waals surface area contributed by atoms with Crippen molar-refractivity contribution in [2.24, 2.45) is 0 Å². The van der Waals surface area contributed by atoms with E-state index < -0.39 is 15.4 Å². The van der Waals surface area contributed by atoms with Crippen LogP contribution in [0.15, 0.2) is 28.2 Å². The molecule has 0 aromatic carbocycles. The minimum absolute atomic E-state index is 0.0374. The van der Waals surface area contributed by atoms with E-state index in [1.54, 1.807) is 28.1 Å². The number of carbonyl (C=O) groups is 1. The number of aromatic nitrogens is 2. The van der Waals surface area contributed by atoms with Crippen molar-refractivity contribution in [2.75, 3.05) is 18.4 Å². The number of nitrogens with one attached hydrogen (secondary N) is 1. The number of carbonyl (C=O) groups excluding carboxylic acids is 1. The molecule has 1 saturated heterocycles. The SMILES string of the molecule is Cc1cc(S(=O)(=O)Cc2cscn2)ncc1N[C@H]1CCN(C(=O)OC(C)(C)C)C1. The van der Waals surface area contributed by atoms with Gasteiger partial charge in [-0.25, -0.2) is 23.2 Å². The quantitative estimate of drug-likeness (QED) is 0.764.